The summed E-state index contributed by atoms with van der Waals surface area (Å²) in [6.07, 6.45) is 1.46. The molecule has 2 heterocycles. The highest BCUT2D eigenvalue weighted by atomic mass is 16.7. The van der Waals surface area contributed by atoms with Gasteiger partial charge in [0.1, 0.15) is 52.4 Å². The second-order valence-corrected chi connectivity index (χ2v) is 8.27. The maximum Gasteiger partial charge on any atom is 0.341 e. The molecule has 0 unspecified atom stereocenters. The lowest BCUT2D eigenvalue weighted by Crippen LogP contribution is -2.21. The van der Waals surface area contributed by atoms with Gasteiger partial charge in [0.15, 0.2) is 18.0 Å². The van der Waals surface area contributed by atoms with E-state index in [4.69, 9.17) is 32.8 Å². The molecular weight excluding hydrogens is 472 g/mol. The number of methoxy groups -OCH3 is 1. The Morgan fingerprint density at radius 1 is 1.11 bits per heavy atom. The molecule has 36 heavy (non-hydrogen) atoms. The van der Waals surface area contributed by atoms with Gasteiger partial charge in [0.05, 0.1) is 6.61 Å². The molecule has 1 aliphatic heterocycles. The number of aromatic hydroxyl groups is 1. The van der Waals surface area contributed by atoms with Gasteiger partial charge in [-0.05, 0) is 25.1 Å². The van der Waals surface area contributed by atoms with Gasteiger partial charge < -0.3 is 37.9 Å². The van der Waals surface area contributed by atoms with Gasteiger partial charge in [0.2, 0.25) is 5.79 Å². The third-order valence-electron chi connectivity index (χ3n) is 5.11. The number of rotatable bonds is 9. The van der Waals surface area contributed by atoms with E-state index in [2.05, 4.69) is 0 Å². The zero-order valence-corrected chi connectivity index (χ0v) is 20.3. The summed E-state index contributed by atoms with van der Waals surface area (Å²) in [5, 5.41) is 10.5. The minimum atomic E-state index is -0.779. The molecule has 3 aromatic rings. The van der Waals surface area contributed by atoms with Crippen molar-refractivity contribution < 1.29 is 42.7 Å². The van der Waals surface area contributed by atoms with Crippen LogP contribution in [0.5, 0.6) is 17.2 Å². The molecule has 0 bridgehead atoms. The Hall–Kier alpha value is -4.18. The number of fused-ring (bicyclic) bond motifs is 1. The predicted molar refractivity (Wildman–Crippen MR) is 128 cm³/mol. The van der Waals surface area contributed by atoms with E-state index in [9.17, 15) is 14.7 Å². The van der Waals surface area contributed by atoms with Crippen LogP contribution < -0.4 is 14.9 Å². The normalized spacial score (nSPS) is 14.1. The van der Waals surface area contributed by atoms with Crippen molar-refractivity contribution in [2.75, 3.05) is 27.1 Å². The van der Waals surface area contributed by atoms with Crippen LogP contribution in [0.1, 0.15) is 31.1 Å². The molecule has 1 aliphatic rings. The summed E-state index contributed by atoms with van der Waals surface area (Å²) in [5.74, 6) is -0.523. The van der Waals surface area contributed by atoms with Crippen LogP contribution in [0.2, 0.25) is 0 Å². The molecule has 0 saturated carbocycles. The molecule has 0 atom stereocenters. The highest BCUT2D eigenvalue weighted by Crippen LogP contribution is 2.33. The Kier molecular flexibility index (Phi) is 7.07. The number of carbonyl (C=O) groups excluding carboxylic acids is 1. The molecule has 1 aromatic heterocycles. The Balaban J connectivity index is 1.68. The molecule has 0 radical (unpaired) electrons. The number of phenols is 1. The molecule has 190 valence electrons. The van der Waals surface area contributed by atoms with Crippen molar-refractivity contribution in [2.24, 2.45) is 0 Å². The first-order chi connectivity index (χ1) is 17.2. The fourth-order valence-corrected chi connectivity index (χ4v) is 3.56. The molecule has 0 spiro atoms. The largest absolute Gasteiger partial charge is 0.507 e. The number of hydrogen-bond acceptors (Lipinski definition) is 10. The lowest BCUT2D eigenvalue weighted by molar-refractivity contribution is -0.119. The summed E-state index contributed by atoms with van der Waals surface area (Å²) in [6, 6.07) is 8.73. The maximum absolute atomic E-state index is 12.8. The van der Waals surface area contributed by atoms with Crippen molar-refractivity contribution in [1.29, 1.82) is 0 Å². The lowest BCUT2D eigenvalue weighted by atomic mass is 10.1. The Labute approximate surface area is 206 Å². The summed E-state index contributed by atoms with van der Waals surface area (Å²) in [4.78, 5) is 25.3. The molecule has 10 heteroatoms. The molecule has 1 N–H and O–H groups in total. The van der Waals surface area contributed by atoms with Crippen molar-refractivity contribution in [1.82, 2.24) is 0 Å². The summed E-state index contributed by atoms with van der Waals surface area (Å²) in [6.45, 7) is 5.37. The van der Waals surface area contributed by atoms with Crippen LogP contribution in [0.4, 0.5) is 0 Å². The van der Waals surface area contributed by atoms with Gasteiger partial charge in [-0.2, -0.15) is 0 Å². The highest BCUT2D eigenvalue weighted by molar-refractivity contribution is 5.94. The maximum atomic E-state index is 12.8. The quantitative estimate of drug-likeness (QED) is 0.337. The SMILES string of the molecule is CCOC(=O)c1cc(-c2cc(=O)c3c(O)cc(OCC4=COC(C)(C)O4)cc3o2)ccc1OCOC. The zero-order valence-electron chi connectivity index (χ0n) is 20.3. The average Bonchev–Trinajstić information content (AvgIpc) is 3.19. The van der Waals surface area contributed by atoms with Gasteiger partial charge in [-0.25, -0.2) is 4.79 Å². The summed E-state index contributed by atoms with van der Waals surface area (Å²) in [5.41, 5.74) is 0.202. The van der Waals surface area contributed by atoms with Crippen molar-refractivity contribution in [3.8, 4) is 28.6 Å². The Morgan fingerprint density at radius 2 is 1.92 bits per heavy atom. The van der Waals surface area contributed by atoms with Crippen LogP contribution in [0, 0.1) is 0 Å². The number of hydrogen-bond donors (Lipinski definition) is 1. The van der Waals surface area contributed by atoms with Crippen LogP contribution >= 0.6 is 0 Å². The monoisotopic (exact) mass is 498 g/mol. The second kappa shape index (κ2) is 10.2. The summed E-state index contributed by atoms with van der Waals surface area (Å²) < 4.78 is 38.1. The number of ether oxygens (including phenoxy) is 6. The molecule has 10 nitrogen and oxygen atoms in total. The number of phenolic OH excluding ortho intramolecular Hbond substituents is 1. The Morgan fingerprint density at radius 3 is 2.61 bits per heavy atom. The van der Waals surface area contributed by atoms with Gasteiger partial charge in [0.25, 0.3) is 0 Å². The molecule has 0 amide bonds. The smallest absolute Gasteiger partial charge is 0.341 e. The van der Waals surface area contributed by atoms with Gasteiger partial charge in [-0.3, -0.25) is 4.79 Å². The fraction of sp³-hybridized carbons (Fsp3) is 0.308. The number of carbonyl (C=O) groups is 1. The number of benzene rings is 2. The van der Waals surface area contributed by atoms with Crippen molar-refractivity contribution in [3.05, 3.63) is 64.2 Å². The lowest BCUT2D eigenvalue weighted by Gasteiger charge is -2.18. The standard InChI is InChI=1S/C26H26O10/c1-5-31-25(29)18-8-15(6-7-21(18)33-14-30-4)22-11-20(28)24-19(27)9-16(10-23(24)35-22)32-12-17-13-34-26(2,3)36-17/h6-11,13,27H,5,12,14H2,1-4H3. The molecule has 2 aromatic carbocycles. The first-order valence-corrected chi connectivity index (χ1v) is 11.1. The van der Waals surface area contributed by atoms with Crippen LogP contribution in [-0.2, 0) is 18.9 Å². The number of esters is 1. The van der Waals surface area contributed by atoms with E-state index in [1.54, 1.807) is 32.9 Å². The molecular formula is C26H26O10. The van der Waals surface area contributed by atoms with E-state index in [1.165, 1.54) is 37.6 Å². The first-order valence-electron chi connectivity index (χ1n) is 11.1. The van der Waals surface area contributed by atoms with Crippen LogP contribution in [-0.4, -0.2) is 44.0 Å². The molecule has 0 saturated heterocycles. The van der Waals surface area contributed by atoms with Crippen molar-refractivity contribution in [2.45, 2.75) is 26.6 Å². The minimum Gasteiger partial charge on any atom is -0.507 e. The summed E-state index contributed by atoms with van der Waals surface area (Å²) in [7, 11) is 1.46. The van der Waals surface area contributed by atoms with E-state index in [0.717, 1.165) is 0 Å². The second-order valence-electron chi connectivity index (χ2n) is 8.27. The highest BCUT2D eigenvalue weighted by Gasteiger charge is 2.28. The van der Waals surface area contributed by atoms with E-state index in [1.807, 2.05) is 0 Å². The van der Waals surface area contributed by atoms with E-state index < -0.39 is 17.2 Å². The van der Waals surface area contributed by atoms with E-state index in [-0.39, 0.29) is 59.5 Å². The zero-order chi connectivity index (χ0) is 25.9. The fourth-order valence-electron chi connectivity index (χ4n) is 3.56. The van der Waals surface area contributed by atoms with Crippen LogP contribution in [0.25, 0.3) is 22.3 Å². The van der Waals surface area contributed by atoms with E-state index in [0.29, 0.717) is 11.3 Å². The van der Waals surface area contributed by atoms with Crippen molar-refractivity contribution in [3.63, 3.8) is 0 Å². The van der Waals surface area contributed by atoms with Crippen LogP contribution in [0.3, 0.4) is 0 Å². The van der Waals surface area contributed by atoms with Crippen LogP contribution in [0.15, 0.2) is 57.6 Å². The van der Waals surface area contributed by atoms with Crippen molar-refractivity contribution >= 4 is 16.9 Å². The predicted octanol–water partition coefficient (Wildman–Crippen LogP) is 4.33. The van der Waals surface area contributed by atoms with Gasteiger partial charge in [-0.1, -0.05) is 0 Å². The molecule has 4 rings (SSSR count). The molecule has 0 fully saturated rings. The van der Waals surface area contributed by atoms with Gasteiger partial charge in [-0.15, -0.1) is 0 Å². The molecule has 0 aliphatic carbocycles. The third-order valence-corrected chi connectivity index (χ3v) is 5.11. The first kappa shape index (κ1) is 24.9. The van der Waals surface area contributed by atoms with Gasteiger partial charge in [0, 0.05) is 44.7 Å². The summed E-state index contributed by atoms with van der Waals surface area (Å²) >= 11 is 0. The van der Waals surface area contributed by atoms with Gasteiger partial charge >= 0.3 is 5.97 Å². The Bertz CT molecular complexity index is 1370. The average molecular weight is 498 g/mol. The third kappa shape index (κ3) is 5.38. The van der Waals surface area contributed by atoms with E-state index >= 15 is 0 Å². The topological polar surface area (TPSA) is 123 Å². The minimum absolute atomic E-state index is 0.00226.